The molecule has 0 spiro atoms. The van der Waals surface area contributed by atoms with Gasteiger partial charge in [-0.25, -0.2) is 0 Å². The van der Waals surface area contributed by atoms with Gasteiger partial charge in [-0.3, -0.25) is 4.79 Å². The highest BCUT2D eigenvalue weighted by molar-refractivity contribution is 5.94. The average molecular weight is 246 g/mol. The predicted octanol–water partition coefficient (Wildman–Crippen LogP) is 2.38. The molecule has 18 heavy (non-hydrogen) atoms. The monoisotopic (exact) mass is 246 g/mol. The van der Waals surface area contributed by atoms with Crippen LogP contribution in [0.3, 0.4) is 0 Å². The second kappa shape index (κ2) is 5.53. The van der Waals surface area contributed by atoms with Crippen molar-refractivity contribution in [2.24, 2.45) is 5.92 Å². The molecular formula is C15H22N2O. The zero-order chi connectivity index (χ0) is 13.1. The number of benzene rings is 1. The summed E-state index contributed by atoms with van der Waals surface area (Å²) in [5.41, 5.74) is 2.29. The molecular weight excluding hydrogens is 224 g/mol. The van der Waals surface area contributed by atoms with Crippen LogP contribution in [0.15, 0.2) is 24.3 Å². The van der Waals surface area contributed by atoms with E-state index < -0.39 is 0 Å². The molecule has 0 aromatic heterocycles. The Morgan fingerprint density at radius 3 is 2.50 bits per heavy atom. The molecule has 0 radical (unpaired) electrons. The van der Waals surface area contributed by atoms with Crippen LogP contribution in [0.4, 0.5) is 5.69 Å². The number of rotatable bonds is 3. The van der Waals surface area contributed by atoms with E-state index in [1.807, 2.05) is 19.2 Å². The summed E-state index contributed by atoms with van der Waals surface area (Å²) in [6, 6.07) is 8.29. The molecule has 3 heteroatoms. The molecule has 1 atom stereocenters. The normalized spacial score (nSPS) is 19.2. The molecule has 98 valence electrons. The number of nitrogens with one attached hydrogen (secondary N) is 1. The zero-order valence-electron chi connectivity index (χ0n) is 11.4. The van der Waals surface area contributed by atoms with Crippen LogP contribution in [0, 0.1) is 5.92 Å². The van der Waals surface area contributed by atoms with Crippen LogP contribution < -0.4 is 10.2 Å². The van der Waals surface area contributed by atoms with E-state index >= 15 is 0 Å². The van der Waals surface area contributed by atoms with Crippen molar-refractivity contribution < 1.29 is 4.79 Å². The van der Waals surface area contributed by atoms with Crippen LogP contribution in [0.2, 0.25) is 0 Å². The summed E-state index contributed by atoms with van der Waals surface area (Å²) in [4.78, 5) is 14.0. The highest BCUT2D eigenvalue weighted by atomic mass is 16.2. The smallest absolute Gasteiger partial charge is 0.231 e. The molecule has 1 N–H and O–H groups in total. The lowest BCUT2D eigenvalue weighted by molar-refractivity contribution is -0.121. The van der Waals surface area contributed by atoms with Gasteiger partial charge in [0.2, 0.25) is 5.91 Å². The van der Waals surface area contributed by atoms with Crippen molar-refractivity contribution in [1.82, 2.24) is 5.32 Å². The molecule has 0 saturated carbocycles. The number of carbonyl (C=O) groups is 1. The fourth-order valence-electron chi connectivity index (χ4n) is 2.35. The summed E-state index contributed by atoms with van der Waals surface area (Å²) >= 11 is 0. The zero-order valence-corrected chi connectivity index (χ0v) is 11.4. The molecule has 1 aliphatic rings. The fraction of sp³-hybridized carbons (Fsp3) is 0.533. The molecule has 1 unspecified atom stereocenters. The molecule has 2 rings (SSSR count). The molecule has 1 aromatic rings. The first-order valence-corrected chi connectivity index (χ1v) is 6.68. The number of carbonyl (C=O) groups excluding carboxylic acids is 1. The maximum Gasteiger partial charge on any atom is 0.231 e. The van der Waals surface area contributed by atoms with Crippen LogP contribution in [0.25, 0.3) is 0 Å². The third kappa shape index (κ3) is 2.72. The van der Waals surface area contributed by atoms with Gasteiger partial charge in [-0.05, 0) is 36.6 Å². The summed E-state index contributed by atoms with van der Waals surface area (Å²) in [7, 11) is 1.87. The van der Waals surface area contributed by atoms with E-state index in [0.717, 1.165) is 25.2 Å². The van der Waals surface area contributed by atoms with Crippen molar-refractivity contribution in [3.05, 3.63) is 29.8 Å². The van der Waals surface area contributed by atoms with Gasteiger partial charge in [-0.2, -0.15) is 0 Å². The number of amides is 1. The number of hydrogen-bond acceptors (Lipinski definition) is 2. The van der Waals surface area contributed by atoms with Gasteiger partial charge in [0.1, 0.15) is 0 Å². The van der Waals surface area contributed by atoms with Crippen molar-refractivity contribution in [3.63, 3.8) is 0 Å². The maximum absolute atomic E-state index is 12.3. The summed E-state index contributed by atoms with van der Waals surface area (Å²) in [5, 5.41) is 3.24. The molecule has 1 heterocycles. The van der Waals surface area contributed by atoms with Crippen LogP contribution in [0.5, 0.6) is 0 Å². The van der Waals surface area contributed by atoms with Gasteiger partial charge in [0.15, 0.2) is 0 Å². The Kier molecular flexibility index (Phi) is 4.02. The third-order valence-corrected chi connectivity index (χ3v) is 3.69. The van der Waals surface area contributed by atoms with E-state index in [4.69, 9.17) is 0 Å². The number of hydrogen-bond donors (Lipinski definition) is 1. The second-order valence-electron chi connectivity index (χ2n) is 5.33. The molecule has 0 bridgehead atoms. The Labute approximate surface area is 109 Å². The first kappa shape index (κ1) is 13.1. The average Bonchev–Trinajstić information content (AvgIpc) is 2.91. The molecule has 1 amide bonds. The standard InChI is InChI=1S/C15H22N2O/c1-11(2)12-4-6-14(7-5-12)17(3)15(18)13-8-9-16-10-13/h4-7,11,13,16H,8-10H2,1-3H3. The summed E-state index contributed by atoms with van der Waals surface area (Å²) in [6.07, 6.45) is 0.952. The van der Waals surface area contributed by atoms with E-state index in [-0.39, 0.29) is 11.8 Å². The topological polar surface area (TPSA) is 32.3 Å². The minimum absolute atomic E-state index is 0.139. The lowest BCUT2D eigenvalue weighted by Gasteiger charge is -2.21. The van der Waals surface area contributed by atoms with Crippen LogP contribution in [-0.4, -0.2) is 26.0 Å². The van der Waals surface area contributed by atoms with Gasteiger partial charge in [0.05, 0.1) is 5.92 Å². The quantitative estimate of drug-likeness (QED) is 0.888. The molecule has 1 fully saturated rings. The number of nitrogens with zero attached hydrogens (tertiary/aromatic N) is 1. The summed E-state index contributed by atoms with van der Waals surface area (Å²) < 4.78 is 0. The fourth-order valence-corrected chi connectivity index (χ4v) is 2.35. The van der Waals surface area contributed by atoms with E-state index in [0.29, 0.717) is 5.92 Å². The van der Waals surface area contributed by atoms with E-state index in [9.17, 15) is 4.79 Å². The predicted molar refractivity (Wildman–Crippen MR) is 74.9 cm³/mol. The molecule has 1 aliphatic heterocycles. The Morgan fingerprint density at radius 2 is 2.00 bits per heavy atom. The summed E-state index contributed by atoms with van der Waals surface area (Å²) in [5.74, 6) is 0.885. The van der Waals surface area contributed by atoms with E-state index in [1.165, 1.54) is 5.56 Å². The first-order valence-electron chi connectivity index (χ1n) is 6.68. The largest absolute Gasteiger partial charge is 0.316 e. The summed E-state index contributed by atoms with van der Waals surface area (Å²) in [6.45, 7) is 6.12. The third-order valence-electron chi connectivity index (χ3n) is 3.69. The van der Waals surface area contributed by atoms with Crippen LogP contribution in [0.1, 0.15) is 31.7 Å². The van der Waals surface area contributed by atoms with E-state index in [1.54, 1.807) is 4.90 Å². The second-order valence-corrected chi connectivity index (χ2v) is 5.33. The lowest BCUT2D eigenvalue weighted by atomic mass is 10.0. The Bertz CT molecular complexity index is 405. The van der Waals surface area contributed by atoms with Crippen molar-refractivity contribution in [2.75, 3.05) is 25.0 Å². The molecule has 0 aliphatic carbocycles. The van der Waals surface area contributed by atoms with Gasteiger partial charge in [-0.15, -0.1) is 0 Å². The molecule has 3 nitrogen and oxygen atoms in total. The van der Waals surface area contributed by atoms with Gasteiger partial charge in [0, 0.05) is 19.3 Å². The minimum atomic E-state index is 0.139. The Hall–Kier alpha value is -1.35. The van der Waals surface area contributed by atoms with Crippen molar-refractivity contribution in [3.8, 4) is 0 Å². The lowest BCUT2D eigenvalue weighted by Crippen LogP contribution is -2.33. The van der Waals surface area contributed by atoms with Gasteiger partial charge in [-0.1, -0.05) is 26.0 Å². The van der Waals surface area contributed by atoms with Gasteiger partial charge in [0.25, 0.3) is 0 Å². The highest BCUT2D eigenvalue weighted by Gasteiger charge is 2.25. The van der Waals surface area contributed by atoms with E-state index in [2.05, 4.69) is 31.3 Å². The van der Waals surface area contributed by atoms with Gasteiger partial charge < -0.3 is 10.2 Å². The van der Waals surface area contributed by atoms with Crippen LogP contribution in [-0.2, 0) is 4.79 Å². The Morgan fingerprint density at radius 1 is 1.33 bits per heavy atom. The SMILES string of the molecule is CC(C)c1ccc(N(C)C(=O)C2CCNC2)cc1. The highest BCUT2D eigenvalue weighted by Crippen LogP contribution is 2.21. The molecule has 1 saturated heterocycles. The Balaban J connectivity index is 2.08. The van der Waals surface area contributed by atoms with Gasteiger partial charge >= 0.3 is 0 Å². The van der Waals surface area contributed by atoms with Crippen molar-refractivity contribution >= 4 is 11.6 Å². The van der Waals surface area contributed by atoms with Crippen LogP contribution >= 0.6 is 0 Å². The maximum atomic E-state index is 12.3. The minimum Gasteiger partial charge on any atom is -0.316 e. The van der Waals surface area contributed by atoms with Crippen molar-refractivity contribution in [2.45, 2.75) is 26.2 Å². The molecule has 1 aromatic carbocycles. The first-order chi connectivity index (χ1) is 8.59. The number of anilines is 1. The van der Waals surface area contributed by atoms with Crippen molar-refractivity contribution in [1.29, 1.82) is 0 Å².